The van der Waals surface area contributed by atoms with Gasteiger partial charge in [-0.15, -0.1) is 11.3 Å². The van der Waals surface area contributed by atoms with Crippen molar-refractivity contribution in [2.24, 2.45) is 5.92 Å². The van der Waals surface area contributed by atoms with Crippen molar-refractivity contribution >= 4 is 39.1 Å². The number of nitrogens with zero attached hydrogens (tertiary/aromatic N) is 5. The number of rotatable bonds is 4. The number of fused-ring (bicyclic) bond motifs is 3. The fourth-order valence-electron chi connectivity index (χ4n) is 3.34. The largest absolute Gasteiger partial charge is 0.382 e. The zero-order valence-corrected chi connectivity index (χ0v) is 16.5. The molecule has 8 heteroatoms. The van der Waals surface area contributed by atoms with Crippen molar-refractivity contribution in [3.05, 3.63) is 22.2 Å². The van der Waals surface area contributed by atoms with Crippen molar-refractivity contribution < 1.29 is 0 Å². The first kappa shape index (κ1) is 17.3. The van der Waals surface area contributed by atoms with Crippen LogP contribution in [0, 0.1) is 17.2 Å². The Morgan fingerprint density at radius 3 is 3.04 bits per heavy atom. The molecule has 0 bridgehead atoms. The number of nitrogen functional groups attached to an aromatic ring is 1. The summed E-state index contributed by atoms with van der Waals surface area (Å²) in [6, 6.07) is 2.09. The summed E-state index contributed by atoms with van der Waals surface area (Å²) < 4.78 is 1.60. The van der Waals surface area contributed by atoms with Gasteiger partial charge in [0.05, 0.1) is 11.6 Å². The highest BCUT2D eigenvalue weighted by Crippen LogP contribution is 2.40. The molecule has 0 aromatic carbocycles. The van der Waals surface area contributed by atoms with E-state index in [0.29, 0.717) is 23.1 Å². The zero-order valence-electron chi connectivity index (χ0n) is 14.8. The number of aromatic nitrogens is 4. The molecule has 4 rings (SSSR count). The van der Waals surface area contributed by atoms with Crippen LogP contribution in [0.4, 0.5) is 5.82 Å². The van der Waals surface area contributed by atoms with Crippen LogP contribution in [0.1, 0.15) is 42.7 Å². The molecular weight excluding hydrogens is 364 g/mol. The van der Waals surface area contributed by atoms with Gasteiger partial charge in [0.2, 0.25) is 0 Å². The van der Waals surface area contributed by atoms with Crippen molar-refractivity contribution in [2.45, 2.75) is 44.7 Å². The molecule has 134 valence electrons. The molecule has 0 aliphatic heterocycles. The van der Waals surface area contributed by atoms with Crippen LogP contribution in [-0.4, -0.2) is 25.5 Å². The average molecular weight is 385 g/mol. The lowest BCUT2D eigenvalue weighted by molar-refractivity contribution is 0.508. The van der Waals surface area contributed by atoms with Gasteiger partial charge in [-0.1, -0.05) is 25.6 Å². The number of aryl methyl sites for hydroxylation is 1. The second-order valence-electron chi connectivity index (χ2n) is 6.68. The summed E-state index contributed by atoms with van der Waals surface area (Å²) in [5.74, 6) is 2.65. The lowest BCUT2D eigenvalue weighted by Crippen LogP contribution is -2.11. The Hall–Kier alpha value is -2.11. The van der Waals surface area contributed by atoms with Gasteiger partial charge in [0.1, 0.15) is 22.3 Å². The molecule has 1 aliphatic rings. The van der Waals surface area contributed by atoms with Gasteiger partial charge < -0.3 is 5.73 Å². The van der Waals surface area contributed by atoms with Gasteiger partial charge in [-0.3, -0.25) is 0 Å². The summed E-state index contributed by atoms with van der Waals surface area (Å²) in [5.41, 5.74) is 7.88. The van der Waals surface area contributed by atoms with Crippen LogP contribution in [0.25, 0.3) is 16.0 Å². The van der Waals surface area contributed by atoms with Crippen molar-refractivity contribution in [1.29, 1.82) is 5.26 Å². The molecule has 3 heterocycles. The standard InChI is InChI=1S/C18H20N6S2/c1-3-6-25-18-22-16(24-15(20)11(8-19)9-21-24)14-12-7-10(2)4-5-13(12)26-17(14)23-18/h9-10H,3-7,20H2,1-2H3/t10-/m0/s1. The number of thiophene rings is 1. The molecule has 26 heavy (non-hydrogen) atoms. The van der Waals surface area contributed by atoms with Crippen LogP contribution in [0.5, 0.6) is 0 Å². The predicted molar refractivity (Wildman–Crippen MR) is 106 cm³/mol. The minimum atomic E-state index is 0.336. The minimum absolute atomic E-state index is 0.336. The van der Waals surface area contributed by atoms with E-state index in [4.69, 9.17) is 15.7 Å². The van der Waals surface area contributed by atoms with Crippen molar-refractivity contribution in [2.75, 3.05) is 11.5 Å². The molecular formula is C18H20N6S2. The Bertz CT molecular complexity index is 1010. The molecule has 0 saturated heterocycles. The minimum Gasteiger partial charge on any atom is -0.382 e. The van der Waals surface area contributed by atoms with Gasteiger partial charge in [0.25, 0.3) is 0 Å². The van der Waals surface area contributed by atoms with Gasteiger partial charge in [-0.25, -0.2) is 9.97 Å². The van der Waals surface area contributed by atoms with E-state index in [9.17, 15) is 5.26 Å². The third-order valence-electron chi connectivity index (χ3n) is 4.67. The highest BCUT2D eigenvalue weighted by atomic mass is 32.2. The first-order chi connectivity index (χ1) is 12.6. The molecule has 0 radical (unpaired) electrons. The number of anilines is 1. The van der Waals surface area contributed by atoms with E-state index in [-0.39, 0.29) is 0 Å². The molecule has 0 unspecified atom stereocenters. The Balaban J connectivity index is 1.97. The molecule has 0 fully saturated rings. The first-order valence-electron chi connectivity index (χ1n) is 8.81. The maximum absolute atomic E-state index is 9.23. The van der Waals surface area contributed by atoms with Crippen LogP contribution in [0.3, 0.4) is 0 Å². The molecule has 1 aliphatic carbocycles. The molecule has 1 atom stereocenters. The van der Waals surface area contributed by atoms with E-state index in [2.05, 4.69) is 25.0 Å². The van der Waals surface area contributed by atoms with Gasteiger partial charge in [-0.2, -0.15) is 15.0 Å². The number of hydrogen-bond acceptors (Lipinski definition) is 7. The molecule has 0 amide bonds. The van der Waals surface area contributed by atoms with E-state index in [1.807, 2.05) is 0 Å². The Morgan fingerprint density at radius 1 is 1.46 bits per heavy atom. The summed E-state index contributed by atoms with van der Waals surface area (Å²) in [7, 11) is 0. The van der Waals surface area contributed by atoms with Crippen molar-refractivity contribution in [3.8, 4) is 11.9 Å². The summed E-state index contributed by atoms with van der Waals surface area (Å²) >= 11 is 3.41. The summed E-state index contributed by atoms with van der Waals surface area (Å²) in [6.45, 7) is 4.43. The maximum atomic E-state index is 9.23. The highest BCUT2D eigenvalue weighted by Gasteiger charge is 2.26. The predicted octanol–water partition coefficient (Wildman–Crippen LogP) is 3.96. The molecule has 6 nitrogen and oxygen atoms in total. The molecule has 0 spiro atoms. The topological polar surface area (TPSA) is 93.4 Å². The number of thioether (sulfide) groups is 1. The fourth-order valence-corrected chi connectivity index (χ4v) is 5.30. The first-order valence-corrected chi connectivity index (χ1v) is 10.6. The van der Waals surface area contributed by atoms with Crippen molar-refractivity contribution in [3.63, 3.8) is 0 Å². The summed E-state index contributed by atoms with van der Waals surface area (Å²) in [4.78, 5) is 12.0. The fraction of sp³-hybridized carbons (Fsp3) is 0.444. The van der Waals surface area contributed by atoms with Gasteiger partial charge in [0.15, 0.2) is 11.0 Å². The van der Waals surface area contributed by atoms with Gasteiger partial charge in [-0.05, 0) is 37.2 Å². The smallest absolute Gasteiger partial charge is 0.190 e. The lowest BCUT2D eigenvalue weighted by atomic mass is 9.88. The van der Waals surface area contributed by atoms with Gasteiger partial charge in [0, 0.05) is 10.6 Å². The quantitative estimate of drug-likeness (QED) is 0.540. The average Bonchev–Trinajstić information content (AvgIpc) is 3.19. The second-order valence-corrected chi connectivity index (χ2v) is 8.82. The molecule has 3 aromatic rings. The second kappa shape index (κ2) is 6.89. The monoisotopic (exact) mass is 384 g/mol. The van der Waals surface area contributed by atoms with E-state index in [1.54, 1.807) is 27.8 Å². The number of nitriles is 1. The normalized spacial score (nSPS) is 16.6. The summed E-state index contributed by atoms with van der Waals surface area (Å²) in [5, 5.41) is 15.4. The maximum Gasteiger partial charge on any atom is 0.190 e. The van der Waals surface area contributed by atoms with Crippen LogP contribution < -0.4 is 5.73 Å². The SMILES string of the molecule is CCCSc1nc(-n2ncc(C#N)c2N)c2c3c(sc2n1)CC[C@H](C)C3. The van der Waals surface area contributed by atoms with Crippen LogP contribution in [0.2, 0.25) is 0 Å². The van der Waals surface area contributed by atoms with Crippen LogP contribution in [0.15, 0.2) is 11.4 Å². The summed E-state index contributed by atoms with van der Waals surface area (Å²) in [6.07, 6.45) is 5.89. The Labute approximate surface area is 160 Å². The zero-order chi connectivity index (χ0) is 18.3. The highest BCUT2D eigenvalue weighted by molar-refractivity contribution is 7.99. The van der Waals surface area contributed by atoms with E-state index < -0.39 is 0 Å². The molecule has 2 N–H and O–H groups in total. The van der Waals surface area contributed by atoms with Crippen LogP contribution >= 0.6 is 23.1 Å². The lowest BCUT2D eigenvalue weighted by Gasteiger charge is -2.18. The van der Waals surface area contributed by atoms with E-state index >= 15 is 0 Å². The van der Waals surface area contributed by atoms with Gasteiger partial charge >= 0.3 is 0 Å². The third-order valence-corrected chi connectivity index (χ3v) is 6.91. The Kier molecular flexibility index (Phi) is 4.59. The number of nitrogens with two attached hydrogens (primary N) is 1. The van der Waals surface area contributed by atoms with Crippen LogP contribution in [-0.2, 0) is 12.8 Å². The molecule has 3 aromatic heterocycles. The number of hydrogen-bond donors (Lipinski definition) is 1. The molecule has 0 saturated carbocycles. The van der Waals surface area contributed by atoms with Crippen molar-refractivity contribution in [1.82, 2.24) is 19.7 Å². The van der Waals surface area contributed by atoms with E-state index in [1.165, 1.54) is 23.1 Å². The Morgan fingerprint density at radius 2 is 2.31 bits per heavy atom. The third kappa shape index (κ3) is 2.85. The van der Waals surface area contributed by atoms with E-state index in [0.717, 1.165) is 40.4 Å².